The second-order valence-corrected chi connectivity index (χ2v) is 5.99. The Labute approximate surface area is 125 Å². The van der Waals surface area contributed by atoms with Crippen LogP contribution in [0.1, 0.15) is 25.3 Å². The Balaban J connectivity index is 1.85. The summed E-state index contributed by atoms with van der Waals surface area (Å²) in [6.45, 7) is 6.41. The predicted molar refractivity (Wildman–Crippen MR) is 85.6 cm³/mol. The Bertz CT molecular complexity index is 472. The lowest BCUT2D eigenvalue weighted by molar-refractivity contribution is 0.294. The maximum absolute atomic E-state index is 13.9. The van der Waals surface area contributed by atoms with Gasteiger partial charge in [0.1, 0.15) is 10.8 Å². The van der Waals surface area contributed by atoms with E-state index in [4.69, 9.17) is 18.0 Å². The highest BCUT2D eigenvalue weighted by Gasteiger charge is 2.14. The monoisotopic (exact) mass is 295 g/mol. The number of hydrogen-bond acceptors (Lipinski definition) is 3. The van der Waals surface area contributed by atoms with Gasteiger partial charge in [-0.3, -0.25) is 0 Å². The normalized spacial score (nSPS) is 17.1. The number of benzene rings is 1. The van der Waals surface area contributed by atoms with E-state index in [2.05, 4.69) is 17.1 Å². The van der Waals surface area contributed by atoms with Crippen molar-refractivity contribution in [3.63, 3.8) is 0 Å². The van der Waals surface area contributed by atoms with Crippen LogP contribution in [0.4, 0.5) is 10.1 Å². The lowest BCUT2D eigenvalue weighted by Crippen LogP contribution is -2.29. The van der Waals surface area contributed by atoms with Gasteiger partial charge in [-0.25, -0.2) is 4.39 Å². The smallest absolute Gasteiger partial charge is 0.146 e. The molecule has 5 heteroatoms. The van der Waals surface area contributed by atoms with Gasteiger partial charge in [0, 0.05) is 18.7 Å². The first-order valence-corrected chi connectivity index (χ1v) is 7.52. The molecule has 0 aromatic heterocycles. The molecule has 0 radical (unpaired) electrons. The van der Waals surface area contributed by atoms with Gasteiger partial charge in [-0.15, -0.1) is 0 Å². The molecule has 1 aromatic carbocycles. The van der Waals surface area contributed by atoms with Crippen molar-refractivity contribution in [1.29, 1.82) is 0 Å². The lowest BCUT2D eigenvalue weighted by atomic mass is 10.1. The van der Waals surface area contributed by atoms with Crippen molar-refractivity contribution < 1.29 is 4.39 Å². The van der Waals surface area contributed by atoms with Crippen LogP contribution in [0.25, 0.3) is 0 Å². The maximum atomic E-state index is 13.9. The summed E-state index contributed by atoms with van der Waals surface area (Å²) in [6, 6.07) is 4.83. The van der Waals surface area contributed by atoms with Gasteiger partial charge < -0.3 is 16.0 Å². The van der Waals surface area contributed by atoms with Gasteiger partial charge in [-0.05, 0) is 50.0 Å². The number of likely N-dealkylation sites (tertiary alicyclic amines) is 1. The van der Waals surface area contributed by atoms with Crippen LogP contribution in [0.5, 0.6) is 0 Å². The highest BCUT2D eigenvalue weighted by Crippen LogP contribution is 2.17. The zero-order valence-corrected chi connectivity index (χ0v) is 12.7. The topological polar surface area (TPSA) is 41.3 Å². The molecule has 3 nitrogen and oxygen atoms in total. The molecular weight excluding hydrogens is 273 g/mol. The molecule has 0 spiro atoms. The molecule has 0 aliphatic carbocycles. The number of halogens is 1. The minimum absolute atomic E-state index is 0.220. The number of thiocarbonyl (C=S) groups is 1. The van der Waals surface area contributed by atoms with Crippen molar-refractivity contribution in [2.75, 3.05) is 31.5 Å². The summed E-state index contributed by atoms with van der Waals surface area (Å²) in [7, 11) is 0. The first-order valence-electron chi connectivity index (χ1n) is 7.12. The molecule has 1 heterocycles. The van der Waals surface area contributed by atoms with Crippen LogP contribution >= 0.6 is 12.2 Å². The highest BCUT2D eigenvalue weighted by molar-refractivity contribution is 7.80. The zero-order valence-electron chi connectivity index (χ0n) is 11.9. The van der Waals surface area contributed by atoms with Crippen LogP contribution in [0, 0.1) is 11.7 Å². The standard InChI is InChI=1S/C15H22FN3S/c1-11(10-19-6-2-3-7-19)9-18-14-5-4-12(15(17)20)8-13(14)16/h4-5,8,11,18H,2-3,6-7,9-10H2,1H3,(H2,17,20). The molecule has 20 heavy (non-hydrogen) atoms. The number of nitrogens with zero attached hydrogens (tertiary/aromatic N) is 1. The molecule has 1 unspecified atom stereocenters. The van der Waals surface area contributed by atoms with E-state index in [1.807, 2.05) is 0 Å². The summed E-state index contributed by atoms with van der Waals surface area (Å²) in [5, 5.41) is 3.17. The van der Waals surface area contributed by atoms with Crippen molar-refractivity contribution in [2.24, 2.45) is 11.7 Å². The second kappa shape index (κ2) is 6.99. The van der Waals surface area contributed by atoms with Crippen molar-refractivity contribution >= 4 is 22.9 Å². The summed E-state index contributed by atoms with van der Waals surface area (Å²) >= 11 is 4.84. The molecule has 2 rings (SSSR count). The van der Waals surface area contributed by atoms with Gasteiger partial charge in [0.2, 0.25) is 0 Å². The van der Waals surface area contributed by atoms with Gasteiger partial charge in [-0.1, -0.05) is 19.1 Å². The van der Waals surface area contributed by atoms with Gasteiger partial charge in [0.15, 0.2) is 0 Å². The van der Waals surface area contributed by atoms with E-state index in [0.29, 0.717) is 17.2 Å². The van der Waals surface area contributed by atoms with Gasteiger partial charge >= 0.3 is 0 Å². The summed E-state index contributed by atoms with van der Waals surface area (Å²) in [5.74, 6) is 0.187. The molecule has 0 saturated carbocycles. The second-order valence-electron chi connectivity index (χ2n) is 5.55. The zero-order chi connectivity index (χ0) is 14.5. The van der Waals surface area contributed by atoms with E-state index >= 15 is 0 Å². The predicted octanol–water partition coefficient (Wildman–Crippen LogP) is 2.60. The molecule has 1 fully saturated rings. The fourth-order valence-electron chi connectivity index (χ4n) is 2.57. The van der Waals surface area contributed by atoms with Crippen LogP contribution < -0.4 is 11.1 Å². The first kappa shape index (κ1) is 15.2. The van der Waals surface area contributed by atoms with Gasteiger partial charge in [0.05, 0.1) is 5.69 Å². The van der Waals surface area contributed by atoms with Crippen molar-refractivity contribution in [2.45, 2.75) is 19.8 Å². The van der Waals surface area contributed by atoms with Gasteiger partial charge in [-0.2, -0.15) is 0 Å². The Kier molecular flexibility index (Phi) is 5.31. The SMILES string of the molecule is CC(CNc1ccc(C(N)=S)cc1F)CN1CCCC1. The minimum atomic E-state index is -0.302. The number of nitrogens with one attached hydrogen (secondary N) is 1. The van der Waals surface area contributed by atoms with Crippen LogP contribution in [0.2, 0.25) is 0 Å². The maximum Gasteiger partial charge on any atom is 0.146 e. The Morgan fingerprint density at radius 3 is 2.75 bits per heavy atom. The molecule has 0 bridgehead atoms. The van der Waals surface area contributed by atoms with E-state index in [0.717, 1.165) is 13.1 Å². The van der Waals surface area contributed by atoms with E-state index in [1.165, 1.54) is 32.0 Å². The number of hydrogen-bond donors (Lipinski definition) is 2. The largest absolute Gasteiger partial charge is 0.389 e. The average Bonchev–Trinajstić information content (AvgIpc) is 2.90. The Morgan fingerprint density at radius 1 is 1.45 bits per heavy atom. The quantitative estimate of drug-likeness (QED) is 0.792. The number of nitrogens with two attached hydrogens (primary N) is 1. The molecule has 1 saturated heterocycles. The molecule has 1 aromatic rings. The number of anilines is 1. The first-order chi connectivity index (χ1) is 9.56. The minimum Gasteiger partial charge on any atom is -0.389 e. The lowest BCUT2D eigenvalue weighted by Gasteiger charge is -2.21. The average molecular weight is 295 g/mol. The summed E-state index contributed by atoms with van der Waals surface area (Å²) in [6.07, 6.45) is 2.60. The third-order valence-corrected chi connectivity index (χ3v) is 3.90. The van der Waals surface area contributed by atoms with Crippen molar-refractivity contribution in [3.05, 3.63) is 29.6 Å². The van der Waals surface area contributed by atoms with E-state index in [1.54, 1.807) is 12.1 Å². The molecule has 1 atom stereocenters. The Hall–Kier alpha value is -1.20. The highest BCUT2D eigenvalue weighted by atomic mass is 32.1. The molecular formula is C15H22FN3S. The van der Waals surface area contributed by atoms with Crippen LogP contribution in [0.15, 0.2) is 18.2 Å². The third-order valence-electron chi connectivity index (χ3n) is 3.66. The van der Waals surface area contributed by atoms with E-state index in [-0.39, 0.29) is 10.8 Å². The van der Waals surface area contributed by atoms with E-state index in [9.17, 15) is 4.39 Å². The molecule has 1 aliphatic rings. The molecule has 1 aliphatic heterocycles. The summed E-state index contributed by atoms with van der Waals surface area (Å²) in [5.41, 5.74) is 6.56. The van der Waals surface area contributed by atoms with Crippen molar-refractivity contribution in [1.82, 2.24) is 4.90 Å². The third kappa shape index (κ3) is 4.15. The molecule has 0 amide bonds. The molecule has 110 valence electrons. The Morgan fingerprint density at radius 2 is 2.15 bits per heavy atom. The van der Waals surface area contributed by atoms with Gasteiger partial charge in [0.25, 0.3) is 0 Å². The molecule has 3 N–H and O–H groups in total. The van der Waals surface area contributed by atoms with Crippen molar-refractivity contribution in [3.8, 4) is 0 Å². The fraction of sp³-hybridized carbons (Fsp3) is 0.533. The van der Waals surface area contributed by atoms with Crippen LogP contribution in [0.3, 0.4) is 0 Å². The van der Waals surface area contributed by atoms with Crippen LogP contribution in [-0.2, 0) is 0 Å². The van der Waals surface area contributed by atoms with E-state index < -0.39 is 0 Å². The summed E-state index contributed by atoms with van der Waals surface area (Å²) in [4.78, 5) is 2.69. The van der Waals surface area contributed by atoms with Crippen LogP contribution in [-0.4, -0.2) is 36.1 Å². The fourth-order valence-corrected chi connectivity index (χ4v) is 2.69. The number of rotatable bonds is 6. The summed E-state index contributed by atoms with van der Waals surface area (Å²) < 4.78 is 13.9.